The molecule has 242 valence electrons. The molecule has 0 aromatic heterocycles. The van der Waals surface area contributed by atoms with E-state index in [2.05, 4.69) is 17.6 Å². The Bertz CT molecular complexity index is 804. The molecule has 1 saturated heterocycles. The summed E-state index contributed by atoms with van der Waals surface area (Å²) in [4.78, 5) is 34.4. The van der Waals surface area contributed by atoms with E-state index in [4.69, 9.17) is 4.52 Å². The van der Waals surface area contributed by atoms with Crippen LogP contribution in [0.5, 0.6) is 0 Å². The van der Waals surface area contributed by atoms with E-state index in [1.807, 2.05) is 0 Å². The van der Waals surface area contributed by atoms with Crippen LogP contribution in [0.4, 0.5) is 0 Å². The van der Waals surface area contributed by atoms with Crippen LogP contribution in [0.1, 0.15) is 110 Å². The largest absolute Gasteiger partial charge is 0.479 e. The number of unbranched alkanes of at least 4 members (excludes halogenated alkanes) is 12. The lowest BCUT2D eigenvalue weighted by molar-refractivity contribution is -0.148. The zero-order valence-corrected chi connectivity index (χ0v) is 25.8. The minimum Gasteiger partial charge on any atom is -0.479 e. The molecule has 1 amide bonds. The van der Waals surface area contributed by atoms with Gasteiger partial charge >= 0.3 is 13.6 Å². The Labute approximate surface area is 244 Å². The molecule has 1 aliphatic rings. The van der Waals surface area contributed by atoms with Crippen LogP contribution in [0.25, 0.3) is 0 Å². The number of aliphatic carboxylic acids is 1. The summed E-state index contributed by atoms with van der Waals surface area (Å²) in [6, 6.07) is -1.62. The van der Waals surface area contributed by atoms with Gasteiger partial charge in [-0.15, -0.1) is 0 Å². The van der Waals surface area contributed by atoms with E-state index >= 15 is 0 Å². The van der Waals surface area contributed by atoms with Gasteiger partial charge in [0, 0.05) is 12.5 Å². The zero-order chi connectivity index (χ0) is 30.9. The van der Waals surface area contributed by atoms with E-state index in [0.717, 1.165) is 19.3 Å². The van der Waals surface area contributed by atoms with Gasteiger partial charge in [0.2, 0.25) is 5.91 Å². The first-order valence-corrected chi connectivity index (χ1v) is 17.0. The highest BCUT2D eigenvalue weighted by Gasteiger charge is 2.42. The molecule has 0 spiro atoms. The predicted molar refractivity (Wildman–Crippen MR) is 156 cm³/mol. The van der Waals surface area contributed by atoms with Gasteiger partial charge in [-0.05, 0) is 19.8 Å². The summed E-state index contributed by atoms with van der Waals surface area (Å²) in [6.07, 6.45) is 10.3. The number of aliphatic hydroxyl groups excluding tert-OH is 4. The Hall–Kier alpha value is -1.11. The van der Waals surface area contributed by atoms with E-state index in [-0.39, 0.29) is 12.8 Å². The summed E-state index contributed by atoms with van der Waals surface area (Å²) in [5, 5.41) is 54.1. The smallest absolute Gasteiger partial charge is 0.331 e. The zero-order valence-electron chi connectivity index (χ0n) is 24.9. The van der Waals surface area contributed by atoms with Gasteiger partial charge in [0.05, 0.1) is 43.7 Å². The maximum Gasteiger partial charge on any atom is 0.331 e. The van der Waals surface area contributed by atoms with E-state index < -0.39 is 74.8 Å². The topological polar surface area (TPSA) is 206 Å². The fraction of sp³-hybridized carbons (Fsp3) is 0.929. The standard InChI is InChI=1S/C28H55N2O10P/c1-3-4-5-6-7-8-9-10-11-12-13-14-15-16-24(33)30-28(2,27(36)37)20-40-41(38,39)19-21(32)17-22-25(34)26(35)23(18-31)29-22/h21-23,25-26,29,31-32,34-35H,3-20H2,1-2H3,(H,30,33)(H,36,37)(H,38,39)/t21-,22-,23-,25-,26-,28?/m1/s1. The van der Waals surface area contributed by atoms with Gasteiger partial charge in [0.15, 0.2) is 5.54 Å². The van der Waals surface area contributed by atoms with Gasteiger partial charge in [-0.1, -0.05) is 84.0 Å². The van der Waals surface area contributed by atoms with Crippen molar-refractivity contribution in [1.29, 1.82) is 0 Å². The van der Waals surface area contributed by atoms with E-state index in [9.17, 15) is 44.6 Å². The number of aliphatic hydroxyl groups is 4. The first-order chi connectivity index (χ1) is 19.3. The number of carbonyl (C=O) groups excluding carboxylic acids is 1. The average molecular weight is 611 g/mol. The number of hydrogen-bond acceptors (Lipinski definition) is 9. The monoisotopic (exact) mass is 610 g/mol. The molecule has 1 heterocycles. The predicted octanol–water partition coefficient (Wildman–Crippen LogP) is 2.43. The first kappa shape index (κ1) is 37.9. The van der Waals surface area contributed by atoms with E-state index in [1.165, 1.54) is 64.7 Å². The van der Waals surface area contributed by atoms with Crippen LogP contribution in [0, 0.1) is 0 Å². The van der Waals surface area contributed by atoms with Crippen LogP contribution in [0.3, 0.4) is 0 Å². The summed E-state index contributed by atoms with van der Waals surface area (Å²) in [5.41, 5.74) is -1.95. The first-order valence-electron chi connectivity index (χ1n) is 15.3. The van der Waals surface area contributed by atoms with Crippen molar-refractivity contribution >= 4 is 19.5 Å². The highest BCUT2D eigenvalue weighted by atomic mass is 31.2. The molecule has 1 rings (SSSR count). The van der Waals surface area contributed by atoms with Crippen LogP contribution in [-0.2, 0) is 18.7 Å². The Kier molecular flexibility index (Phi) is 18.5. The number of carboxylic acid groups (broad SMARTS) is 1. The highest BCUT2D eigenvalue weighted by Crippen LogP contribution is 2.44. The molecular formula is C28H55N2O10P. The SMILES string of the molecule is CCCCCCCCCCCCCCCC(=O)NC(C)(COP(=O)(O)C[C@H](O)C[C@H]1N[C@H](CO)[C@@H](O)[C@@H]1O)C(=O)O. The third-order valence-electron chi connectivity index (χ3n) is 7.72. The molecule has 0 radical (unpaired) electrons. The second-order valence-corrected chi connectivity index (χ2v) is 13.6. The second kappa shape index (κ2) is 20.0. The van der Waals surface area contributed by atoms with Crippen molar-refractivity contribution in [1.82, 2.24) is 10.6 Å². The maximum absolute atomic E-state index is 12.5. The molecule has 13 heteroatoms. The fourth-order valence-electron chi connectivity index (χ4n) is 5.06. The summed E-state index contributed by atoms with van der Waals surface area (Å²) < 4.78 is 17.5. The number of rotatable bonds is 24. The van der Waals surface area contributed by atoms with Crippen molar-refractivity contribution in [3.63, 3.8) is 0 Å². The molecule has 0 saturated carbocycles. The van der Waals surface area contributed by atoms with Gasteiger partial charge in [-0.3, -0.25) is 9.36 Å². The Morgan fingerprint density at radius 1 is 0.927 bits per heavy atom. The molecule has 0 bridgehead atoms. The van der Waals surface area contributed by atoms with Crippen LogP contribution >= 0.6 is 7.60 Å². The highest BCUT2D eigenvalue weighted by molar-refractivity contribution is 7.52. The second-order valence-electron chi connectivity index (χ2n) is 11.7. The maximum atomic E-state index is 12.5. The lowest BCUT2D eigenvalue weighted by Crippen LogP contribution is -2.55. The summed E-state index contributed by atoms with van der Waals surface area (Å²) in [5.74, 6) is -1.92. The molecule has 0 aromatic rings. The molecule has 41 heavy (non-hydrogen) atoms. The molecule has 12 nitrogen and oxygen atoms in total. The Balaban J connectivity index is 2.31. The average Bonchev–Trinajstić information content (AvgIpc) is 3.17. The third kappa shape index (κ3) is 15.3. The van der Waals surface area contributed by atoms with Crippen LogP contribution in [0.2, 0.25) is 0 Å². The van der Waals surface area contributed by atoms with Gasteiger partial charge in [0.1, 0.15) is 0 Å². The van der Waals surface area contributed by atoms with Gasteiger partial charge in [-0.2, -0.15) is 0 Å². The van der Waals surface area contributed by atoms with Crippen LogP contribution in [0.15, 0.2) is 0 Å². The lowest BCUT2D eigenvalue weighted by Gasteiger charge is -2.28. The number of carboxylic acids is 1. The van der Waals surface area contributed by atoms with E-state index in [0.29, 0.717) is 6.42 Å². The minimum atomic E-state index is -4.48. The number of carbonyl (C=O) groups is 2. The van der Waals surface area contributed by atoms with Gasteiger partial charge in [-0.25, -0.2) is 4.79 Å². The van der Waals surface area contributed by atoms with Crippen molar-refractivity contribution in [2.24, 2.45) is 0 Å². The van der Waals surface area contributed by atoms with Crippen LogP contribution in [-0.4, -0.2) is 97.6 Å². The molecule has 7 atom stereocenters. The Morgan fingerprint density at radius 2 is 1.41 bits per heavy atom. The normalized spacial score (nSPS) is 24.5. The van der Waals surface area contributed by atoms with Crippen molar-refractivity contribution < 1.29 is 49.1 Å². The number of amides is 1. The third-order valence-corrected chi connectivity index (χ3v) is 9.13. The number of hydrogen-bond donors (Lipinski definition) is 8. The Morgan fingerprint density at radius 3 is 1.88 bits per heavy atom. The summed E-state index contributed by atoms with van der Waals surface area (Å²) in [6.45, 7) is 2.17. The summed E-state index contributed by atoms with van der Waals surface area (Å²) in [7, 11) is -4.48. The quantitative estimate of drug-likeness (QED) is 0.0588. The molecule has 0 aliphatic carbocycles. The molecule has 8 N–H and O–H groups in total. The minimum absolute atomic E-state index is 0.132. The molecule has 0 aromatic carbocycles. The van der Waals surface area contributed by atoms with Crippen molar-refractivity contribution in [3.05, 3.63) is 0 Å². The van der Waals surface area contributed by atoms with Crippen molar-refractivity contribution in [2.45, 2.75) is 146 Å². The van der Waals surface area contributed by atoms with E-state index in [1.54, 1.807) is 0 Å². The van der Waals surface area contributed by atoms with Crippen molar-refractivity contribution in [2.75, 3.05) is 19.4 Å². The van der Waals surface area contributed by atoms with Crippen LogP contribution < -0.4 is 10.6 Å². The number of nitrogens with one attached hydrogen (secondary N) is 2. The molecule has 2 unspecified atom stereocenters. The lowest BCUT2D eigenvalue weighted by atomic mass is 10.0. The van der Waals surface area contributed by atoms with Gasteiger partial charge < -0.3 is 45.6 Å². The summed E-state index contributed by atoms with van der Waals surface area (Å²) >= 11 is 0. The molecular weight excluding hydrogens is 555 g/mol. The molecule has 1 fully saturated rings. The van der Waals surface area contributed by atoms with Crippen molar-refractivity contribution in [3.8, 4) is 0 Å². The van der Waals surface area contributed by atoms with Gasteiger partial charge in [0.25, 0.3) is 0 Å². The molecule has 1 aliphatic heterocycles. The fourth-order valence-corrected chi connectivity index (χ4v) is 6.30.